The molecule has 1 fully saturated rings. The van der Waals surface area contributed by atoms with E-state index in [9.17, 15) is 13.2 Å². The highest BCUT2D eigenvalue weighted by Gasteiger charge is 2.34. The van der Waals surface area contributed by atoms with Crippen LogP contribution in [0.1, 0.15) is 23.8 Å². The average molecular weight is 341 g/mol. The summed E-state index contributed by atoms with van der Waals surface area (Å²) in [5.41, 5.74) is 1.26. The van der Waals surface area contributed by atoms with Crippen molar-refractivity contribution in [1.29, 1.82) is 0 Å². The molecule has 2 aromatic rings. The molecule has 1 amide bonds. The number of amides is 1. The summed E-state index contributed by atoms with van der Waals surface area (Å²) in [6, 6.07) is 6.93. The van der Waals surface area contributed by atoms with Crippen molar-refractivity contribution in [2.75, 3.05) is 18.1 Å². The van der Waals surface area contributed by atoms with Crippen LogP contribution in [0.15, 0.2) is 24.3 Å². The van der Waals surface area contributed by atoms with Crippen LogP contribution in [-0.4, -0.2) is 48.3 Å². The molecule has 5 nitrogen and oxygen atoms in total. The maximum absolute atomic E-state index is 12.7. The number of nitrogens with zero attached hydrogens (tertiary/aromatic N) is 1. The summed E-state index contributed by atoms with van der Waals surface area (Å²) in [4.78, 5) is 17.4. The van der Waals surface area contributed by atoms with E-state index in [-0.39, 0.29) is 23.5 Å². The van der Waals surface area contributed by atoms with Crippen molar-refractivity contribution in [1.82, 2.24) is 9.88 Å². The third kappa shape index (κ3) is 2.85. The van der Waals surface area contributed by atoms with E-state index in [4.69, 9.17) is 11.6 Å². The number of carbonyl (C=O) groups excluding carboxylic acids is 1. The van der Waals surface area contributed by atoms with Crippen LogP contribution >= 0.6 is 11.6 Å². The molecule has 0 spiro atoms. The highest BCUT2D eigenvalue weighted by atomic mass is 35.5. The first-order chi connectivity index (χ1) is 10.4. The number of sulfone groups is 1. The maximum atomic E-state index is 12.7. The predicted octanol–water partition coefficient (Wildman–Crippen LogP) is 2.47. The summed E-state index contributed by atoms with van der Waals surface area (Å²) in [6.07, 6.45) is 0.508. The van der Waals surface area contributed by atoms with Crippen LogP contribution in [0.5, 0.6) is 0 Å². The van der Waals surface area contributed by atoms with E-state index in [2.05, 4.69) is 4.98 Å². The molecule has 118 valence electrons. The van der Waals surface area contributed by atoms with E-state index >= 15 is 0 Å². The van der Waals surface area contributed by atoms with Gasteiger partial charge in [0.2, 0.25) is 0 Å². The zero-order valence-corrected chi connectivity index (χ0v) is 13.7. The number of hydrogen-bond donors (Lipinski definition) is 1. The molecular formula is C15H17ClN2O3S. The maximum Gasteiger partial charge on any atom is 0.270 e. The van der Waals surface area contributed by atoms with Gasteiger partial charge in [-0.3, -0.25) is 4.79 Å². The largest absolute Gasteiger partial charge is 0.350 e. The Hall–Kier alpha value is -1.53. The second-order valence-electron chi connectivity index (χ2n) is 5.56. The molecule has 1 aromatic heterocycles. The fourth-order valence-electron chi connectivity index (χ4n) is 2.96. The van der Waals surface area contributed by atoms with Crippen LogP contribution in [0.25, 0.3) is 10.9 Å². The smallest absolute Gasteiger partial charge is 0.270 e. The first-order valence-corrected chi connectivity index (χ1v) is 9.39. The van der Waals surface area contributed by atoms with Crippen molar-refractivity contribution in [3.8, 4) is 0 Å². The number of hydrogen-bond acceptors (Lipinski definition) is 3. The van der Waals surface area contributed by atoms with Crippen LogP contribution in [-0.2, 0) is 9.84 Å². The van der Waals surface area contributed by atoms with Gasteiger partial charge in [0.1, 0.15) is 5.69 Å². The minimum absolute atomic E-state index is 0.0542. The fraction of sp³-hybridized carbons (Fsp3) is 0.400. The third-order valence-electron chi connectivity index (χ3n) is 4.07. The van der Waals surface area contributed by atoms with Gasteiger partial charge in [0.05, 0.1) is 11.5 Å². The SMILES string of the molecule is CCN(C(=O)c1cc2ccc(Cl)cc2[nH]1)C1CCS(=O)(=O)C1. The van der Waals surface area contributed by atoms with E-state index in [0.717, 1.165) is 10.9 Å². The summed E-state index contributed by atoms with van der Waals surface area (Å²) >= 11 is 5.95. The summed E-state index contributed by atoms with van der Waals surface area (Å²) in [5, 5.41) is 1.51. The predicted molar refractivity (Wildman–Crippen MR) is 87.1 cm³/mol. The minimum atomic E-state index is -3.02. The van der Waals surface area contributed by atoms with Crippen molar-refractivity contribution in [2.24, 2.45) is 0 Å². The lowest BCUT2D eigenvalue weighted by atomic mass is 10.2. The molecule has 0 radical (unpaired) electrons. The Morgan fingerprint density at radius 3 is 2.82 bits per heavy atom. The molecule has 0 aliphatic carbocycles. The molecule has 1 aliphatic heterocycles. The molecule has 0 saturated carbocycles. The van der Waals surface area contributed by atoms with Gasteiger partial charge < -0.3 is 9.88 Å². The van der Waals surface area contributed by atoms with Crippen molar-refractivity contribution < 1.29 is 13.2 Å². The number of aromatic nitrogens is 1. The Balaban J connectivity index is 1.90. The summed E-state index contributed by atoms with van der Waals surface area (Å²) in [6.45, 7) is 2.34. The zero-order chi connectivity index (χ0) is 15.9. The van der Waals surface area contributed by atoms with E-state index in [0.29, 0.717) is 23.7 Å². The fourth-order valence-corrected chi connectivity index (χ4v) is 4.86. The zero-order valence-electron chi connectivity index (χ0n) is 12.2. The van der Waals surface area contributed by atoms with E-state index in [1.807, 2.05) is 13.0 Å². The average Bonchev–Trinajstić information content (AvgIpc) is 3.02. The Morgan fingerprint density at radius 2 is 2.18 bits per heavy atom. The van der Waals surface area contributed by atoms with Gasteiger partial charge in [-0.05, 0) is 31.5 Å². The Bertz CT molecular complexity index is 828. The number of carbonyl (C=O) groups is 1. The standard InChI is InChI=1S/C15H17ClN2O3S/c1-2-18(12-5-6-22(20,21)9-12)15(19)14-7-10-3-4-11(16)8-13(10)17-14/h3-4,7-8,12,17H,2,5-6,9H2,1H3. The highest BCUT2D eigenvalue weighted by molar-refractivity contribution is 7.91. The molecule has 1 atom stereocenters. The topological polar surface area (TPSA) is 70.2 Å². The van der Waals surface area contributed by atoms with Crippen LogP contribution in [0.4, 0.5) is 0 Å². The lowest BCUT2D eigenvalue weighted by Gasteiger charge is -2.26. The van der Waals surface area contributed by atoms with Crippen LogP contribution in [0, 0.1) is 0 Å². The van der Waals surface area contributed by atoms with Gasteiger partial charge >= 0.3 is 0 Å². The van der Waals surface area contributed by atoms with Gasteiger partial charge in [0.15, 0.2) is 9.84 Å². The van der Waals surface area contributed by atoms with Gasteiger partial charge in [0.25, 0.3) is 5.91 Å². The van der Waals surface area contributed by atoms with Crippen LogP contribution in [0.3, 0.4) is 0 Å². The van der Waals surface area contributed by atoms with Crippen molar-refractivity contribution in [3.63, 3.8) is 0 Å². The monoisotopic (exact) mass is 340 g/mol. The van der Waals surface area contributed by atoms with E-state index < -0.39 is 9.84 Å². The molecule has 1 unspecified atom stereocenters. The van der Waals surface area contributed by atoms with E-state index in [1.54, 1.807) is 23.1 Å². The van der Waals surface area contributed by atoms with Gasteiger partial charge in [-0.2, -0.15) is 0 Å². The number of nitrogens with one attached hydrogen (secondary N) is 1. The molecule has 1 N–H and O–H groups in total. The number of aromatic amines is 1. The molecule has 22 heavy (non-hydrogen) atoms. The number of benzene rings is 1. The second-order valence-corrected chi connectivity index (χ2v) is 8.23. The van der Waals surface area contributed by atoms with Crippen molar-refractivity contribution in [2.45, 2.75) is 19.4 Å². The van der Waals surface area contributed by atoms with Crippen molar-refractivity contribution >= 4 is 38.2 Å². The third-order valence-corrected chi connectivity index (χ3v) is 6.05. The Labute approximate surface area is 134 Å². The Kier molecular flexibility index (Phi) is 3.91. The molecule has 1 saturated heterocycles. The lowest BCUT2D eigenvalue weighted by molar-refractivity contribution is 0.0703. The second kappa shape index (κ2) is 5.59. The highest BCUT2D eigenvalue weighted by Crippen LogP contribution is 2.23. The van der Waals surface area contributed by atoms with Gasteiger partial charge in [0, 0.05) is 28.5 Å². The number of H-pyrrole nitrogens is 1. The molecule has 7 heteroatoms. The van der Waals surface area contributed by atoms with Crippen LogP contribution < -0.4 is 0 Å². The molecule has 2 heterocycles. The quantitative estimate of drug-likeness (QED) is 0.933. The van der Waals surface area contributed by atoms with Crippen molar-refractivity contribution in [3.05, 3.63) is 35.0 Å². The number of rotatable bonds is 3. The van der Waals surface area contributed by atoms with Crippen LogP contribution in [0.2, 0.25) is 5.02 Å². The first-order valence-electron chi connectivity index (χ1n) is 7.19. The molecule has 3 rings (SSSR count). The number of fused-ring (bicyclic) bond motifs is 1. The summed E-state index contributed by atoms with van der Waals surface area (Å²) in [7, 11) is -3.02. The van der Waals surface area contributed by atoms with Gasteiger partial charge in [-0.1, -0.05) is 17.7 Å². The molecule has 0 bridgehead atoms. The van der Waals surface area contributed by atoms with Gasteiger partial charge in [-0.25, -0.2) is 8.42 Å². The normalized spacial score (nSPS) is 20.4. The van der Waals surface area contributed by atoms with E-state index in [1.165, 1.54) is 0 Å². The summed E-state index contributed by atoms with van der Waals surface area (Å²) < 4.78 is 23.3. The number of halogens is 1. The lowest BCUT2D eigenvalue weighted by Crippen LogP contribution is -2.41. The first kappa shape index (κ1) is 15.4. The summed E-state index contributed by atoms with van der Waals surface area (Å²) in [5.74, 6) is 0.0412. The molecular weight excluding hydrogens is 324 g/mol. The molecule has 1 aromatic carbocycles. The van der Waals surface area contributed by atoms with Gasteiger partial charge in [-0.15, -0.1) is 0 Å². The molecule has 1 aliphatic rings. The Morgan fingerprint density at radius 1 is 1.41 bits per heavy atom. The minimum Gasteiger partial charge on any atom is -0.350 e.